The van der Waals surface area contributed by atoms with Gasteiger partial charge in [0.2, 0.25) is 0 Å². The van der Waals surface area contributed by atoms with Gasteiger partial charge in [0.1, 0.15) is 0 Å². The third-order valence-electron chi connectivity index (χ3n) is 2.93. The molecule has 1 aromatic rings. The van der Waals surface area contributed by atoms with E-state index in [9.17, 15) is 14.9 Å². The number of nitrogens with one attached hydrogen (secondary N) is 1. The Bertz CT molecular complexity index is 494. The summed E-state index contributed by atoms with van der Waals surface area (Å²) in [7, 11) is 0. The van der Waals surface area contributed by atoms with Crippen LogP contribution >= 0.6 is 15.9 Å². The van der Waals surface area contributed by atoms with Crippen LogP contribution < -0.4 is 11.1 Å². The predicted octanol–water partition coefficient (Wildman–Crippen LogP) is 2.60. The molecule has 1 rings (SSSR count). The van der Waals surface area contributed by atoms with Crippen molar-refractivity contribution in [2.45, 2.75) is 32.2 Å². The summed E-state index contributed by atoms with van der Waals surface area (Å²) in [5.74, 6) is -0.355. The second kappa shape index (κ2) is 7.96. The molecule has 0 radical (unpaired) electrons. The number of amides is 1. The van der Waals surface area contributed by atoms with Gasteiger partial charge in [-0.2, -0.15) is 0 Å². The van der Waals surface area contributed by atoms with Crippen LogP contribution in [-0.4, -0.2) is 23.4 Å². The van der Waals surface area contributed by atoms with Gasteiger partial charge in [0, 0.05) is 29.2 Å². The van der Waals surface area contributed by atoms with Gasteiger partial charge in [0.25, 0.3) is 11.6 Å². The van der Waals surface area contributed by atoms with E-state index in [1.165, 1.54) is 18.2 Å². The van der Waals surface area contributed by atoms with Crippen LogP contribution in [0.1, 0.15) is 36.5 Å². The number of benzene rings is 1. The number of unbranched alkanes of at least 4 members (excludes halogenated alkanes) is 1. The Balaban J connectivity index is 2.85. The molecule has 0 aliphatic rings. The molecule has 6 nitrogen and oxygen atoms in total. The van der Waals surface area contributed by atoms with Crippen molar-refractivity contribution >= 4 is 27.5 Å². The number of nitrogens with zero attached hydrogens (tertiary/aromatic N) is 1. The van der Waals surface area contributed by atoms with Crippen molar-refractivity contribution in [2.24, 2.45) is 5.73 Å². The fraction of sp³-hybridized carbons (Fsp3) is 0.462. The van der Waals surface area contributed by atoms with E-state index in [1.54, 1.807) is 0 Å². The maximum Gasteiger partial charge on any atom is 0.270 e. The zero-order chi connectivity index (χ0) is 15.1. The quantitative estimate of drug-likeness (QED) is 0.587. The molecule has 0 spiro atoms. The van der Waals surface area contributed by atoms with E-state index in [0.717, 1.165) is 19.3 Å². The summed E-state index contributed by atoms with van der Waals surface area (Å²) < 4.78 is 0.520. The molecule has 1 aromatic carbocycles. The number of non-ortho nitro benzene ring substituents is 1. The molecule has 0 fully saturated rings. The molecule has 0 saturated heterocycles. The van der Waals surface area contributed by atoms with Gasteiger partial charge in [0.15, 0.2) is 0 Å². The number of nitro groups is 1. The number of nitro benzene ring substituents is 1. The molecule has 0 bridgehead atoms. The number of carbonyl (C=O) groups is 1. The maximum atomic E-state index is 12.2. The van der Waals surface area contributed by atoms with E-state index in [-0.39, 0.29) is 23.2 Å². The topological polar surface area (TPSA) is 98.3 Å². The van der Waals surface area contributed by atoms with E-state index < -0.39 is 4.92 Å². The first kappa shape index (κ1) is 16.6. The first-order valence-electron chi connectivity index (χ1n) is 6.44. The van der Waals surface area contributed by atoms with Gasteiger partial charge < -0.3 is 11.1 Å². The van der Waals surface area contributed by atoms with Crippen LogP contribution in [0.15, 0.2) is 22.7 Å². The summed E-state index contributed by atoms with van der Waals surface area (Å²) in [5, 5.41) is 13.6. The SMILES string of the molecule is CCCCC(CN)NC(=O)c1cc([N+](=O)[O-])ccc1Br. The summed E-state index contributed by atoms with van der Waals surface area (Å²) in [5.41, 5.74) is 5.75. The highest BCUT2D eigenvalue weighted by Crippen LogP contribution is 2.22. The normalized spacial score (nSPS) is 11.9. The van der Waals surface area contributed by atoms with Crippen LogP contribution in [0.25, 0.3) is 0 Å². The van der Waals surface area contributed by atoms with Gasteiger partial charge in [-0.3, -0.25) is 14.9 Å². The Hall–Kier alpha value is -1.47. The Morgan fingerprint density at radius 1 is 1.55 bits per heavy atom. The highest BCUT2D eigenvalue weighted by Gasteiger charge is 2.18. The van der Waals surface area contributed by atoms with Crippen LogP contribution in [0.5, 0.6) is 0 Å². The zero-order valence-corrected chi connectivity index (χ0v) is 12.9. The summed E-state index contributed by atoms with van der Waals surface area (Å²) in [6, 6.07) is 3.98. The Morgan fingerprint density at radius 3 is 2.80 bits per heavy atom. The first-order chi connectivity index (χ1) is 9.49. The van der Waals surface area contributed by atoms with Crippen molar-refractivity contribution in [1.29, 1.82) is 0 Å². The van der Waals surface area contributed by atoms with Gasteiger partial charge >= 0.3 is 0 Å². The van der Waals surface area contributed by atoms with Crippen molar-refractivity contribution in [3.05, 3.63) is 38.3 Å². The lowest BCUT2D eigenvalue weighted by molar-refractivity contribution is -0.384. The predicted molar refractivity (Wildman–Crippen MR) is 80.6 cm³/mol. The van der Waals surface area contributed by atoms with Crippen LogP contribution in [0.2, 0.25) is 0 Å². The molecule has 20 heavy (non-hydrogen) atoms. The molecule has 1 unspecified atom stereocenters. The van der Waals surface area contributed by atoms with Gasteiger partial charge in [-0.15, -0.1) is 0 Å². The molecular weight excluding hydrogens is 326 g/mol. The summed E-state index contributed by atoms with van der Waals surface area (Å²) in [4.78, 5) is 22.4. The van der Waals surface area contributed by atoms with Gasteiger partial charge in [0.05, 0.1) is 10.5 Å². The second-order valence-electron chi connectivity index (χ2n) is 4.47. The molecule has 0 aliphatic heterocycles. The van der Waals surface area contributed by atoms with Crippen molar-refractivity contribution in [3.63, 3.8) is 0 Å². The fourth-order valence-corrected chi connectivity index (χ4v) is 2.19. The average molecular weight is 344 g/mol. The molecule has 1 atom stereocenters. The number of nitrogens with two attached hydrogens (primary N) is 1. The lowest BCUT2D eigenvalue weighted by Crippen LogP contribution is -2.40. The minimum absolute atomic E-state index is 0.115. The lowest BCUT2D eigenvalue weighted by atomic mass is 10.1. The highest BCUT2D eigenvalue weighted by molar-refractivity contribution is 9.10. The number of rotatable bonds is 7. The number of carbonyl (C=O) groups excluding carboxylic acids is 1. The number of hydrogen-bond acceptors (Lipinski definition) is 4. The Labute approximate surface area is 126 Å². The molecule has 0 heterocycles. The maximum absolute atomic E-state index is 12.2. The van der Waals surface area contributed by atoms with Crippen LogP contribution in [-0.2, 0) is 0 Å². The smallest absolute Gasteiger partial charge is 0.270 e. The van der Waals surface area contributed by atoms with Crippen molar-refractivity contribution < 1.29 is 9.72 Å². The first-order valence-corrected chi connectivity index (χ1v) is 7.23. The van der Waals surface area contributed by atoms with Gasteiger partial charge in [-0.25, -0.2) is 0 Å². The average Bonchev–Trinajstić information content (AvgIpc) is 2.43. The van der Waals surface area contributed by atoms with Gasteiger partial charge in [-0.1, -0.05) is 19.8 Å². The Morgan fingerprint density at radius 2 is 2.25 bits per heavy atom. The van der Waals surface area contributed by atoms with Crippen LogP contribution in [0, 0.1) is 10.1 Å². The molecule has 3 N–H and O–H groups in total. The summed E-state index contributed by atoms with van der Waals surface area (Å²) >= 11 is 3.23. The van der Waals surface area contributed by atoms with Crippen molar-refractivity contribution in [1.82, 2.24) is 5.32 Å². The molecule has 7 heteroatoms. The molecule has 1 amide bonds. The summed E-state index contributed by atoms with van der Waals surface area (Å²) in [6.07, 6.45) is 2.79. The second-order valence-corrected chi connectivity index (χ2v) is 5.32. The monoisotopic (exact) mass is 343 g/mol. The minimum Gasteiger partial charge on any atom is -0.348 e. The van der Waals surface area contributed by atoms with Crippen molar-refractivity contribution in [3.8, 4) is 0 Å². The number of halogens is 1. The molecule has 0 saturated carbocycles. The lowest BCUT2D eigenvalue weighted by Gasteiger charge is -2.16. The van der Waals surface area contributed by atoms with Crippen LogP contribution in [0.3, 0.4) is 0 Å². The van der Waals surface area contributed by atoms with Crippen molar-refractivity contribution in [2.75, 3.05) is 6.54 Å². The highest BCUT2D eigenvalue weighted by atomic mass is 79.9. The molecule has 0 aliphatic carbocycles. The standard InChI is InChI=1S/C13H18BrN3O3/c1-2-3-4-9(8-15)16-13(18)11-7-10(17(19)20)5-6-12(11)14/h5-7,9H,2-4,8,15H2,1H3,(H,16,18). The summed E-state index contributed by atoms with van der Waals surface area (Å²) in [6.45, 7) is 2.41. The van der Waals surface area contributed by atoms with E-state index in [0.29, 0.717) is 11.0 Å². The zero-order valence-electron chi connectivity index (χ0n) is 11.3. The van der Waals surface area contributed by atoms with E-state index in [4.69, 9.17) is 5.73 Å². The molecule has 0 aromatic heterocycles. The van der Waals surface area contributed by atoms with E-state index in [2.05, 4.69) is 28.2 Å². The van der Waals surface area contributed by atoms with Crippen LogP contribution in [0.4, 0.5) is 5.69 Å². The van der Waals surface area contributed by atoms with E-state index in [1.807, 2.05) is 0 Å². The van der Waals surface area contributed by atoms with Gasteiger partial charge in [-0.05, 0) is 28.4 Å². The number of hydrogen-bond donors (Lipinski definition) is 2. The third-order valence-corrected chi connectivity index (χ3v) is 3.62. The third kappa shape index (κ3) is 4.57. The molecular formula is C13H18BrN3O3. The largest absolute Gasteiger partial charge is 0.348 e. The minimum atomic E-state index is -0.527. The fourth-order valence-electron chi connectivity index (χ4n) is 1.76. The van der Waals surface area contributed by atoms with E-state index >= 15 is 0 Å². The molecule has 110 valence electrons. The Kier molecular flexibility index (Phi) is 6.60.